The van der Waals surface area contributed by atoms with Gasteiger partial charge in [0.2, 0.25) is 5.95 Å². The highest BCUT2D eigenvalue weighted by atomic mass is 32.2. The second kappa shape index (κ2) is 4.45. The van der Waals surface area contributed by atoms with E-state index in [2.05, 4.69) is 21.5 Å². The Morgan fingerprint density at radius 3 is 2.94 bits per heavy atom. The van der Waals surface area contributed by atoms with Crippen LogP contribution in [0.1, 0.15) is 19.3 Å². The first-order valence-electron chi connectivity index (χ1n) is 5.22. The largest absolute Gasteiger partial charge is 0.368 e. The maximum Gasteiger partial charge on any atom is 0.222 e. The fraction of sp³-hybridized carbons (Fsp3) is 0.600. The third kappa shape index (κ3) is 2.21. The summed E-state index contributed by atoms with van der Waals surface area (Å²) in [4.78, 5) is 7.42. The summed E-state index contributed by atoms with van der Waals surface area (Å²) >= 11 is 1.83. The summed E-state index contributed by atoms with van der Waals surface area (Å²) in [6.07, 6.45) is 6.77. The summed E-state index contributed by atoms with van der Waals surface area (Å²) in [5.41, 5.74) is 5.41. The zero-order valence-electron chi connectivity index (χ0n) is 9.16. The van der Waals surface area contributed by atoms with Crippen molar-refractivity contribution in [1.29, 1.82) is 0 Å². The molecule has 0 amide bonds. The highest BCUT2D eigenvalue weighted by molar-refractivity contribution is 8.00. The number of halogens is 1. The number of nitrogens with one attached hydrogen (secondary N) is 1. The van der Waals surface area contributed by atoms with Gasteiger partial charge in [-0.2, -0.15) is 16.7 Å². The number of hydrogen-bond donors (Lipinski definition) is 2. The molecule has 88 valence electrons. The Morgan fingerprint density at radius 2 is 2.38 bits per heavy atom. The molecule has 0 unspecified atom stereocenters. The van der Waals surface area contributed by atoms with E-state index in [0.29, 0.717) is 0 Å². The number of hydrogen-bond acceptors (Lipinski definition) is 5. The van der Waals surface area contributed by atoms with E-state index < -0.39 is 5.82 Å². The summed E-state index contributed by atoms with van der Waals surface area (Å²) in [7, 11) is 0. The van der Waals surface area contributed by atoms with E-state index >= 15 is 0 Å². The van der Waals surface area contributed by atoms with Gasteiger partial charge in [0.1, 0.15) is 0 Å². The molecule has 16 heavy (non-hydrogen) atoms. The van der Waals surface area contributed by atoms with Gasteiger partial charge in [0, 0.05) is 11.3 Å². The maximum atomic E-state index is 13.3. The highest BCUT2D eigenvalue weighted by Crippen LogP contribution is 2.42. The molecule has 1 aromatic rings. The Morgan fingerprint density at radius 1 is 1.62 bits per heavy atom. The van der Waals surface area contributed by atoms with Gasteiger partial charge in [-0.25, -0.2) is 9.37 Å². The Bertz CT molecular complexity index is 376. The molecule has 1 heterocycles. The van der Waals surface area contributed by atoms with Crippen LogP contribution in [-0.4, -0.2) is 27.5 Å². The van der Waals surface area contributed by atoms with Crippen molar-refractivity contribution in [2.75, 3.05) is 23.9 Å². The SMILES string of the molecule is CSC1(CNc2nc(N)ncc2F)CCC1. The van der Waals surface area contributed by atoms with Crippen molar-refractivity contribution >= 4 is 23.5 Å². The standard InChI is InChI=1S/C10H15FN4S/c1-16-10(3-2-4-10)6-14-8-7(11)5-13-9(12)15-8/h5H,2-4,6H2,1H3,(H3,12,13,14,15). The average Bonchev–Trinajstić information content (AvgIpc) is 2.22. The lowest BCUT2D eigenvalue weighted by atomic mass is 9.84. The molecule has 0 spiro atoms. The summed E-state index contributed by atoms with van der Waals surface area (Å²) in [6, 6.07) is 0. The third-order valence-corrected chi connectivity index (χ3v) is 4.46. The second-order valence-corrected chi connectivity index (χ2v) is 5.29. The lowest BCUT2D eigenvalue weighted by Crippen LogP contribution is -2.40. The van der Waals surface area contributed by atoms with Crippen molar-refractivity contribution in [3.63, 3.8) is 0 Å². The van der Waals surface area contributed by atoms with E-state index in [9.17, 15) is 4.39 Å². The predicted molar refractivity (Wildman–Crippen MR) is 65.0 cm³/mol. The molecule has 1 aliphatic carbocycles. The van der Waals surface area contributed by atoms with Crippen LogP contribution in [0.3, 0.4) is 0 Å². The normalized spacial score (nSPS) is 17.9. The van der Waals surface area contributed by atoms with E-state index in [1.54, 1.807) is 0 Å². The van der Waals surface area contributed by atoms with Crippen LogP contribution < -0.4 is 11.1 Å². The lowest BCUT2D eigenvalue weighted by molar-refractivity contribution is 0.379. The Labute approximate surface area is 98.2 Å². The van der Waals surface area contributed by atoms with E-state index in [1.165, 1.54) is 19.3 Å². The fourth-order valence-corrected chi connectivity index (χ4v) is 2.69. The fourth-order valence-electron chi connectivity index (χ4n) is 1.77. The molecule has 1 fully saturated rings. The van der Waals surface area contributed by atoms with Gasteiger partial charge >= 0.3 is 0 Å². The highest BCUT2D eigenvalue weighted by Gasteiger charge is 2.36. The Balaban J connectivity index is 2.01. The summed E-state index contributed by atoms with van der Waals surface area (Å²) in [5, 5.41) is 3.02. The van der Waals surface area contributed by atoms with Crippen molar-refractivity contribution in [2.45, 2.75) is 24.0 Å². The molecule has 6 heteroatoms. The topological polar surface area (TPSA) is 63.8 Å². The molecule has 0 atom stereocenters. The molecule has 3 N–H and O–H groups in total. The van der Waals surface area contributed by atoms with Crippen LogP contribution >= 0.6 is 11.8 Å². The van der Waals surface area contributed by atoms with Gasteiger partial charge in [-0.1, -0.05) is 6.42 Å². The van der Waals surface area contributed by atoms with Gasteiger partial charge in [-0.05, 0) is 19.1 Å². The minimum atomic E-state index is -0.454. The molecular weight excluding hydrogens is 227 g/mol. The van der Waals surface area contributed by atoms with Gasteiger partial charge in [0.05, 0.1) is 6.20 Å². The first kappa shape index (κ1) is 11.4. The first-order valence-corrected chi connectivity index (χ1v) is 6.45. The van der Waals surface area contributed by atoms with Crippen LogP contribution in [0.25, 0.3) is 0 Å². The third-order valence-electron chi connectivity index (χ3n) is 3.04. The van der Waals surface area contributed by atoms with Crippen molar-refractivity contribution in [3.05, 3.63) is 12.0 Å². The Hall–Kier alpha value is -1.04. The maximum absolute atomic E-state index is 13.3. The van der Waals surface area contributed by atoms with Crippen LogP contribution in [-0.2, 0) is 0 Å². The number of nitrogens with zero attached hydrogens (tertiary/aromatic N) is 2. The minimum absolute atomic E-state index is 0.0933. The van der Waals surface area contributed by atoms with E-state index in [0.717, 1.165) is 12.7 Å². The van der Waals surface area contributed by atoms with Gasteiger partial charge in [-0.3, -0.25) is 0 Å². The van der Waals surface area contributed by atoms with E-state index in [4.69, 9.17) is 5.73 Å². The van der Waals surface area contributed by atoms with Crippen LogP contribution in [0, 0.1) is 5.82 Å². The van der Waals surface area contributed by atoms with Crippen molar-refractivity contribution < 1.29 is 4.39 Å². The van der Waals surface area contributed by atoms with Crippen molar-refractivity contribution in [3.8, 4) is 0 Å². The second-order valence-electron chi connectivity index (χ2n) is 4.02. The lowest BCUT2D eigenvalue weighted by Gasteiger charge is -2.40. The molecular formula is C10H15FN4S. The number of nitrogens with two attached hydrogens (primary N) is 1. The first-order chi connectivity index (χ1) is 7.65. The van der Waals surface area contributed by atoms with E-state index in [1.807, 2.05) is 11.8 Å². The quantitative estimate of drug-likeness (QED) is 0.844. The zero-order valence-corrected chi connectivity index (χ0v) is 9.98. The van der Waals surface area contributed by atoms with Crippen molar-refractivity contribution in [1.82, 2.24) is 9.97 Å². The van der Waals surface area contributed by atoms with Gasteiger partial charge in [0.25, 0.3) is 0 Å². The summed E-state index contributed by atoms with van der Waals surface area (Å²) in [6.45, 7) is 0.724. The number of aromatic nitrogens is 2. The molecule has 1 saturated carbocycles. The molecule has 0 saturated heterocycles. The minimum Gasteiger partial charge on any atom is -0.368 e. The molecule has 0 bridgehead atoms. The Kier molecular flexibility index (Phi) is 3.18. The molecule has 0 aliphatic heterocycles. The molecule has 4 nitrogen and oxygen atoms in total. The van der Waals surface area contributed by atoms with E-state index in [-0.39, 0.29) is 16.5 Å². The van der Waals surface area contributed by atoms with Crippen LogP contribution in [0.2, 0.25) is 0 Å². The van der Waals surface area contributed by atoms with Gasteiger partial charge in [0.15, 0.2) is 11.6 Å². The average molecular weight is 242 g/mol. The number of nitrogen functional groups attached to an aromatic ring is 1. The zero-order chi connectivity index (χ0) is 11.6. The molecule has 1 aliphatic rings. The molecule has 2 rings (SSSR count). The summed E-state index contributed by atoms with van der Waals surface area (Å²) in [5.74, 6) is -0.159. The molecule has 1 aromatic heterocycles. The number of thioether (sulfide) groups is 1. The smallest absolute Gasteiger partial charge is 0.222 e. The summed E-state index contributed by atoms with van der Waals surface area (Å²) < 4.78 is 13.6. The van der Waals surface area contributed by atoms with Gasteiger partial charge < -0.3 is 11.1 Å². The van der Waals surface area contributed by atoms with Crippen LogP contribution in [0.4, 0.5) is 16.2 Å². The monoisotopic (exact) mass is 242 g/mol. The van der Waals surface area contributed by atoms with Crippen molar-refractivity contribution in [2.24, 2.45) is 0 Å². The van der Waals surface area contributed by atoms with Crippen LogP contribution in [0.5, 0.6) is 0 Å². The van der Waals surface area contributed by atoms with Crippen LogP contribution in [0.15, 0.2) is 6.20 Å². The number of anilines is 2. The number of rotatable bonds is 4. The molecule has 0 radical (unpaired) electrons. The predicted octanol–water partition coefficient (Wildman–Crippen LogP) is 1.90. The molecule has 0 aromatic carbocycles. The van der Waals surface area contributed by atoms with Gasteiger partial charge in [-0.15, -0.1) is 0 Å².